The molecule has 0 aliphatic rings. The van der Waals surface area contributed by atoms with Crippen molar-refractivity contribution in [3.63, 3.8) is 0 Å². The van der Waals surface area contributed by atoms with Crippen molar-refractivity contribution in [3.8, 4) is 0 Å². The molecule has 0 radical (unpaired) electrons. The molecule has 0 unspecified atom stereocenters. The Labute approximate surface area is 221 Å². The van der Waals surface area contributed by atoms with Crippen molar-refractivity contribution < 1.29 is 0 Å². The molecule has 0 aliphatic heterocycles. The van der Waals surface area contributed by atoms with Crippen LogP contribution in [0.5, 0.6) is 0 Å². The number of pyridine rings is 1. The van der Waals surface area contributed by atoms with Gasteiger partial charge in [0.05, 0.1) is 22.8 Å². The second-order valence-electron chi connectivity index (χ2n) is 7.40. The zero-order chi connectivity index (χ0) is 23.9. The van der Waals surface area contributed by atoms with Crippen LogP contribution in [0.1, 0.15) is 75.1 Å². The van der Waals surface area contributed by atoms with Crippen LogP contribution < -0.4 is 0 Å². The van der Waals surface area contributed by atoms with Gasteiger partial charge in [0.25, 0.3) is 0 Å². The molecule has 0 saturated carbocycles. The largest absolute Gasteiger partial charge is 0.261 e. The van der Waals surface area contributed by atoms with Crippen molar-refractivity contribution in [2.75, 3.05) is 0 Å². The number of hydrogen-bond acceptors (Lipinski definition) is 7. The molecule has 0 atom stereocenters. The van der Waals surface area contributed by atoms with Gasteiger partial charge in [-0.05, 0) is 84.7 Å². The Morgan fingerprint density at radius 1 is 0.361 bits per heavy atom. The van der Waals surface area contributed by atoms with Crippen molar-refractivity contribution in [2.24, 2.45) is 0 Å². The SMILES string of the molecule is C.C.C.C.Cc1ccc(C)nc1.Cc1ccc(C)nn1.Cc1cnc(C)cn1.Cc1cnc(C)nc1. The highest BCUT2D eigenvalue weighted by molar-refractivity contribution is 5.10. The second kappa shape index (κ2) is 21.9. The molecule has 4 aromatic heterocycles. The monoisotopic (exact) mass is 495 g/mol. The fourth-order valence-electron chi connectivity index (χ4n) is 1.92. The van der Waals surface area contributed by atoms with Gasteiger partial charge in [0, 0.05) is 36.7 Å². The van der Waals surface area contributed by atoms with Crippen molar-refractivity contribution in [1.82, 2.24) is 35.1 Å². The van der Waals surface area contributed by atoms with Gasteiger partial charge in [-0.25, -0.2) is 9.97 Å². The Morgan fingerprint density at radius 3 is 1.00 bits per heavy atom. The molecule has 4 rings (SSSR count). The van der Waals surface area contributed by atoms with E-state index in [1.807, 2.05) is 92.2 Å². The molecule has 0 aliphatic carbocycles. The molecule has 7 nitrogen and oxygen atoms in total. The lowest BCUT2D eigenvalue weighted by Crippen LogP contribution is -1.86. The molecule has 0 amide bonds. The summed E-state index contributed by atoms with van der Waals surface area (Å²) in [5.41, 5.74) is 7.28. The highest BCUT2D eigenvalue weighted by atomic mass is 15.1. The van der Waals surface area contributed by atoms with Gasteiger partial charge in [0.2, 0.25) is 0 Å². The van der Waals surface area contributed by atoms with E-state index in [-0.39, 0.29) is 29.7 Å². The first kappa shape index (κ1) is 39.6. The third-order valence-electron chi connectivity index (χ3n) is 3.81. The van der Waals surface area contributed by atoms with Gasteiger partial charge in [-0.1, -0.05) is 35.8 Å². The van der Waals surface area contributed by atoms with E-state index < -0.39 is 0 Å². The number of rotatable bonds is 0. The highest BCUT2D eigenvalue weighted by Crippen LogP contribution is 1.95. The first-order chi connectivity index (χ1) is 15.2. The minimum absolute atomic E-state index is 0. The van der Waals surface area contributed by atoms with Gasteiger partial charge in [-0.3, -0.25) is 15.0 Å². The number of nitrogens with zero attached hydrogens (tertiary/aromatic N) is 7. The molecule has 4 heterocycles. The third kappa shape index (κ3) is 19.8. The van der Waals surface area contributed by atoms with E-state index in [0.29, 0.717) is 0 Å². The fourth-order valence-corrected chi connectivity index (χ4v) is 1.92. The number of aromatic nitrogens is 7. The van der Waals surface area contributed by atoms with Crippen LogP contribution in [0, 0.1) is 55.4 Å². The zero-order valence-electron chi connectivity index (χ0n) is 20.3. The molecule has 200 valence electrons. The minimum atomic E-state index is 0. The molecule has 0 bridgehead atoms. The number of hydrogen-bond donors (Lipinski definition) is 0. The number of aryl methyl sites for hydroxylation is 8. The summed E-state index contributed by atoms with van der Waals surface area (Å²) >= 11 is 0. The molecular weight excluding hydrogens is 446 g/mol. The van der Waals surface area contributed by atoms with Gasteiger partial charge in [0.15, 0.2) is 0 Å². The Hall–Kier alpha value is -3.61. The molecule has 0 aromatic carbocycles. The summed E-state index contributed by atoms with van der Waals surface area (Å²) in [6.07, 6.45) is 9.00. The van der Waals surface area contributed by atoms with Crippen LogP contribution in [0.2, 0.25) is 0 Å². The van der Waals surface area contributed by atoms with Gasteiger partial charge < -0.3 is 0 Å². The fraction of sp³-hybridized carbons (Fsp3) is 0.414. The lowest BCUT2D eigenvalue weighted by Gasteiger charge is -1.89. The topological polar surface area (TPSA) is 90.2 Å². The summed E-state index contributed by atoms with van der Waals surface area (Å²) in [4.78, 5) is 20.0. The van der Waals surface area contributed by atoms with E-state index in [2.05, 4.69) is 41.2 Å². The summed E-state index contributed by atoms with van der Waals surface area (Å²) in [6.45, 7) is 15.6. The summed E-state index contributed by atoms with van der Waals surface area (Å²) in [7, 11) is 0. The predicted molar refractivity (Wildman–Crippen MR) is 155 cm³/mol. The summed E-state index contributed by atoms with van der Waals surface area (Å²) in [6, 6.07) is 7.96. The summed E-state index contributed by atoms with van der Waals surface area (Å²) in [5.74, 6) is 0.829. The van der Waals surface area contributed by atoms with E-state index in [9.17, 15) is 0 Å². The quantitative estimate of drug-likeness (QED) is 0.249. The van der Waals surface area contributed by atoms with Crippen LogP contribution >= 0.6 is 0 Å². The smallest absolute Gasteiger partial charge is 0.125 e. The van der Waals surface area contributed by atoms with Gasteiger partial charge in [-0.15, -0.1) is 0 Å². The lowest BCUT2D eigenvalue weighted by atomic mass is 10.3. The Morgan fingerprint density at radius 2 is 0.722 bits per heavy atom. The molecule has 7 heteroatoms. The molecule has 0 saturated heterocycles. The van der Waals surface area contributed by atoms with Crippen molar-refractivity contribution in [2.45, 2.75) is 85.1 Å². The van der Waals surface area contributed by atoms with Crippen LogP contribution in [0.4, 0.5) is 0 Å². The second-order valence-corrected chi connectivity index (χ2v) is 7.40. The first-order valence-electron chi connectivity index (χ1n) is 10.3. The van der Waals surface area contributed by atoms with E-state index in [1.165, 1.54) is 5.56 Å². The Kier molecular flexibility index (Phi) is 24.1. The molecule has 4 aromatic rings. The van der Waals surface area contributed by atoms with Crippen LogP contribution in [-0.2, 0) is 0 Å². The van der Waals surface area contributed by atoms with Crippen molar-refractivity contribution in [1.29, 1.82) is 0 Å². The minimum Gasteiger partial charge on any atom is -0.261 e. The Bertz CT molecular complexity index is 755. The third-order valence-corrected chi connectivity index (χ3v) is 3.81. The molecule has 0 N–H and O–H groups in total. The van der Waals surface area contributed by atoms with Gasteiger partial charge >= 0.3 is 0 Å². The molecule has 0 fully saturated rings. The average Bonchev–Trinajstić information content (AvgIpc) is 2.78. The van der Waals surface area contributed by atoms with Crippen LogP contribution in [-0.4, -0.2) is 35.1 Å². The summed E-state index contributed by atoms with van der Waals surface area (Å²) in [5, 5.41) is 7.66. The van der Waals surface area contributed by atoms with Crippen LogP contribution in [0.25, 0.3) is 0 Å². The first-order valence-corrected chi connectivity index (χ1v) is 10.3. The van der Waals surface area contributed by atoms with Crippen molar-refractivity contribution >= 4 is 0 Å². The van der Waals surface area contributed by atoms with Gasteiger partial charge in [-0.2, -0.15) is 10.2 Å². The van der Waals surface area contributed by atoms with Crippen LogP contribution in [0.3, 0.4) is 0 Å². The van der Waals surface area contributed by atoms with Crippen LogP contribution in [0.15, 0.2) is 55.2 Å². The molecule has 36 heavy (non-hydrogen) atoms. The normalized spacial score (nSPS) is 8.22. The zero-order valence-corrected chi connectivity index (χ0v) is 20.3. The van der Waals surface area contributed by atoms with E-state index >= 15 is 0 Å². The van der Waals surface area contributed by atoms with Gasteiger partial charge in [0.1, 0.15) is 5.82 Å². The van der Waals surface area contributed by atoms with E-state index in [0.717, 1.165) is 39.9 Å². The Balaban J connectivity index is -0.000000183. The maximum Gasteiger partial charge on any atom is 0.125 e. The molecular formula is C29H49N7. The predicted octanol–water partition coefficient (Wildman–Crippen LogP) is 7.52. The highest BCUT2D eigenvalue weighted by Gasteiger charge is 1.84. The maximum atomic E-state index is 4.08. The standard InChI is InChI=1S/C7H9N.3C6H8N2.4CH4/c1-6-3-4-7(2)8-5-6;1-5-3-8-6(2)4-7-5;1-5-3-7-6(2)8-4-5;1-5-3-4-6(2)8-7-5;;;;/h3-5H,1-2H3;3*3-4H,1-2H3;4*1H4. The maximum absolute atomic E-state index is 4.08. The summed E-state index contributed by atoms with van der Waals surface area (Å²) < 4.78 is 0. The van der Waals surface area contributed by atoms with Crippen molar-refractivity contribution in [3.05, 3.63) is 101 Å². The average molecular weight is 496 g/mol. The van der Waals surface area contributed by atoms with E-state index in [1.54, 1.807) is 12.4 Å². The molecule has 0 spiro atoms. The van der Waals surface area contributed by atoms with E-state index in [4.69, 9.17) is 0 Å². The lowest BCUT2D eigenvalue weighted by molar-refractivity contribution is 0.941.